The molecule has 1 N–H and O–H groups in total. The fourth-order valence-corrected chi connectivity index (χ4v) is 2.39. The minimum absolute atomic E-state index is 0.210. The van der Waals surface area contributed by atoms with Gasteiger partial charge >= 0.3 is 0 Å². The van der Waals surface area contributed by atoms with Crippen LogP contribution in [0.25, 0.3) is 0 Å². The number of aliphatic hydroxyl groups is 1. The molecule has 0 aliphatic heterocycles. The maximum Gasteiger partial charge on any atom is 0.0499 e. The van der Waals surface area contributed by atoms with Crippen LogP contribution in [-0.2, 0) is 0 Å². The summed E-state index contributed by atoms with van der Waals surface area (Å²) in [6, 6.07) is 20.8. The summed E-state index contributed by atoms with van der Waals surface area (Å²) in [5, 5.41) is 9.58. The highest BCUT2D eigenvalue weighted by Crippen LogP contribution is 2.29. The molecule has 0 bridgehead atoms. The lowest BCUT2D eigenvalue weighted by Gasteiger charge is -2.19. The SMILES string of the molecule is CC(CC(CO)c1ccccc1)c1ccccc1. The highest BCUT2D eigenvalue weighted by molar-refractivity contribution is 5.23. The number of hydrogen-bond donors (Lipinski definition) is 1. The van der Waals surface area contributed by atoms with Crippen LogP contribution >= 0.6 is 0 Å². The molecular weight excluding hydrogens is 220 g/mol. The second-order valence-corrected chi connectivity index (χ2v) is 4.84. The van der Waals surface area contributed by atoms with E-state index in [1.807, 2.05) is 24.3 Å². The molecule has 0 aliphatic carbocycles. The first kappa shape index (κ1) is 12.8. The van der Waals surface area contributed by atoms with Gasteiger partial charge in [0, 0.05) is 12.5 Å². The lowest BCUT2D eigenvalue weighted by molar-refractivity contribution is 0.254. The Bertz CT molecular complexity index is 450. The molecule has 2 rings (SSSR count). The molecule has 0 radical (unpaired) electrons. The molecule has 0 spiro atoms. The molecule has 2 unspecified atom stereocenters. The van der Waals surface area contributed by atoms with Gasteiger partial charge in [-0.05, 0) is 23.5 Å². The summed E-state index contributed by atoms with van der Waals surface area (Å²) in [4.78, 5) is 0. The Labute approximate surface area is 109 Å². The van der Waals surface area contributed by atoms with Gasteiger partial charge in [-0.25, -0.2) is 0 Å². The third kappa shape index (κ3) is 3.21. The molecule has 0 heterocycles. The van der Waals surface area contributed by atoms with Gasteiger partial charge in [0.25, 0.3) is 0 Å². The number of hydrogen-bond acceptors (Lipinski definition) is 1. The van der Waals surface area contributed by atoms with Gasteiger partial charge in [-0.3, -0.25) is 0 Å². The summed E-state index contributed by atoms with van der Waals surface area (Å²) in [5.41, 5.74) is 2.56. The van der Waals surface area contributed by atoms with Crippen LogP contribution in [0.1, 0.15) is 36.3 Å². The fourth-order valence-electron chi connectivity index (χ4n) is 2.39. The molecule has 2 atom stereocenters. The Morgan fingerprint density at radius 1 is 0.833 bits per heavy atom. The van der Waals surface area contributed by atoms with Crippen LogP contribution in [0, 0.1) is 0 Å². The predicted octanol–water partition coefficient (Wildman–Crippen LogP) is 3.96. The molecule has 0 aromatic heterocycles. The Hall–Kier alpha value is -1.60. The van der Waals surface area contributed by atoms with Crippen molar-refractivity contribution >= 4 is 0 Å². The summed E-state index contributed by atoms with van der Waals surface area (Å²) in [6.07, 6.45) is 0.977. The Kier molecular flexibility index (Phi) is 4.54. The molecule has 0 aliphatic rings. The van der Waals surface area contributed by atoms with Crippen LogP contribution in [0.3, 0.4) is 0 Å². The molecule has 0 saturated carbocycles. The first-order valence-electron chi connectivity index (χ1n) is 6.52. The van der Waals surface area contributed by atoms with Crippen LogP contribution in [-0.4, -0.2) is 11.7 Å². The van der Waals surface area contributed by atoms with Crippen LogP contribution in [0.5, 0.6) is 0 Å². The predicted molar refractivity (Wildman–Crippen MR) is 75.7 cm³/mol. The Morgan fingerprint density at radius 3 is 1.83 bits per heavy atom. The average molecular weight is 240 g/mol. The Morgan fingerprint density at radius 2 is 1.33 bits per heavy atom. The van der Waals surface area contributed by atoms with Gasteiger partial charge in [0.05, 0.1) is 0 Å². The highest BCUT2D eigenvalue weighted by Gasteiger charge is 2.15. The average Bonchev–Trinajstić information content (AvgIpc) is 2.46. The minimum atomic E-state index is 0.210. The quantitative estimate of drug-likeness (QED) is 0.838. The van der Waals surface area contributed by atoms with E-state index in [1.54, 1.807) is 0 Å². The molecule has 0 fully saturated rings. The molecule has 18 heavy (non-hydrogen) atoms. The third-order valence-corrected chi connectivity index (χ3v) is 3.50. The smallest absolute Gasteiger partial charge is 0.0499 e. The molecule has 2 aromatic carbocycles. The van der Waals surface area contributed by atoms with Gasteiger partial charge in [0.1, 0.15) is 0 Å². The second kappa shape index (κ2) is 6.36. The van der Waals surface area contributed by atoms with Gasteiger partial charge in [0.2, 0.25) is 0 Å². The maximum atomic E-state index is 9.58. The molecular formula is C17H20O. The van der Waals surface area contributed by atoms with Crippen molar-refractivity contribution in [3.63, 3.8) is 0 Å². The van der Waals surface area contributed by atoms with Crippen LogP contribution in [0.15, 0.2) is 60.7 Å². The Balaban J connectivity index is 2.07. The van der Waals surface area contributed by atoms with E-state index in [1.165, 1.54) is 11.1 Å². The van der Waals surface area contributed by atoms with Crippen molar-refractivity contribution < 1.29 is 5.11 Å². The molecule has 0 amide bonds. The van der Waals surface area contributed by atoms with Gasteiger partial charge in [-0.1, -0.05) is 67.6 Å². The summed E-state index contributed by atoms with van der Waals surface area (Å²) in [5.74, 6) is 0.685. The zero-order chi connectivity index (χ0) is 12.8. The lowest BCUT2D eigenvalue weighted by atomic mass is 9.86. The normalized spacial score (nSPS) is 14.1. The van der Waals surface area contributed by atoms with Crippen molar-refractivity contribution in [2.45, 2.75) is 25.2 Å². The zero-order valence-corrected chi connectivity index (χ0v) is 10.8. The van der Waals surface area contributed by atoms with E-state index in [4.69, 9.17) is 0 Å². The number of benzene rings is 2. The van der Waals surface area contributed by atoms with E-state index in [2.05, 4.69) is 43.3 Å². The first-order chi connectivity index (χ1) is 8.81. The fraction of sp³-hybridized carbons (Fsp3) is 0.294. The number of aliphatic hydroxyl groups excluding tert-OH is 1. The lowest BCUT2D eigenvalue weighted by Crippen LogP contribution is -2.08. The van der Waals surface area contributed by atoms with E-state index in [9.17, 15) is 5.11 Å². The molecule has 0 saturated heterocycles. The van der Waals surface area contributed by atoms with Gasteiger partial charge in [-0.2, -0.15) is 0 Å². The minimum Gasteiger partial charge on any atom is -0.396 e. The van der Waals surface area contributed by atoms with Crippen molar-refractivity contribution in [1.29, 1.82) is 0 Å². The van der Waals surface area contributed by atoms with Gasteiger partial charge in [0.15, 0.2) is 0 Å². The molecule has 94 valence electrons. The van der Waals surface area contributed by atoms with E-state index in [-0.39, 0.29) is 12.5 Å². The topological polar surface area (TPSA) is 20.2 Å². The molecule has 1 nitrogen and oxygen atoms in total. The largest absolute Gasteiger partial charge is 0.396 e. The van der Waals surface area contributed by atoms with E-state index in [0.717, 1.165) is 6.42 Å². The monoisotopic (exact) mass is 240 g/mol. The standard InChI is InChI=1S/C17H20O/c1-14(15-8-4-2-5-9-15)12-17(13-18)16-10-6-3-7-11-16/h2-11,14,17-18H,12-13H2,1H3. The summed E-state index contributed by atoms with van der Waals surface area (Å²) in [7, 11) is 0. The molecule has 1 heteroatoms. The van der Waals surface area contributed by atoms with E-state index in [0.29, 0.717) is 5.92 Å². The van der Waals surface area contributed by atoms with Crippen LogP contribution in [0.4, 0.5) is 0 Å². The van der Waals surface area contributed by atoms with Crippen LogP contribution < -0.4 is 0 Å². The number of rotatable bonds is 5. The van der Waals surface area contributed by atoms with Gasteiger partial charge in [-0.15, -0.1) is 0 Å². The van der Waals surface area contributed by atoms with E-state index < -0.39 is 0 Å². The van der Waals surface area contributed by atoms with Crippen molar-refractivity contribution in [3.8, 4) is 0 Å². The van der Waals surface area contributed by atoms with Crippen LogP contribution in [0.2, 0.25) is 0 Å². The maximum absolute atomic E-state index is 9.58. The van der Waals surface area contributed by atoms with Crippen molar-refractivity contribution in [2.75, 3.05) is 6.61 Å². The summed E-state index contributed by atoms with van der Waals surface area (Å²) in [6.45, 7) is 2.43. The second-order valence-electron chi connectivity index (χ2n) is 4.84. The van der Waals surface area contributed by atoms with E-state index >= 15 is 0 Å². The zero-order valence-electron chi connectivity index (χ0n) is 10.8. The third-order valence-electron chi connectivity index (χ3n) is 3.50. The van der Waals surface area contributed by atoms with Crippen molar-refractivity contribution in [1.82, 2.24) is 0 Å². The first-order valence-corrected chi connectivity index (χ1v) is 6.52. The van der Waals surface area contributed by atoms with Gasteiger partial charge < -0.3 is 5.11 Å². The molecule has 2 aromatic rings. The van der Waals surface area contributed by atoms with Crippen molar-refractivity contribution in [3.05, 3.63) is 71.8 Å². The highest BCUT2D eigenvalue weighted by atomic mass is 16.3. The summed E-state index contributed by atoms with van der Waals surface area (Å²) >= 11 is 0. The van der Waals surface area contributed by atoms with Crippen molar-refractivity contribution in [2.24, 2.45) is 0 Å². The summed E-state index contributed by atoms with van der Waals surface area (Å²) < 4.78 is 0.